The van der Waals surface area contributed by atoms with Gasteiger partial charge in [0.15, 0.2) is 0 Å². The van der Waals surface area contributed by atoms with Crippen LogP contribution in [0.1, 0.15) is 39.0 Å². The fourth-order valence-electron chi connectivity index (χ4n) is 2.44. The molecular weight excluding hydrogens is 242 g/mol. The van der Waals surface area contributed by atoms with Crippen molar-refractivity contribution in [3.8, 4) is 0 Å². The molecule has 0 aromatic heterocycles. The lowest BCUT2D eigenvalue weighted by Gasteiger charge is -2.29. The van der Waals surface area contributed by atoms with Crippen molar-refractivity contribution in [3.05, 3.63) is 0 Å². The minimum Gasteiger partial charge on any atom is -0.355 e. The van der Waals surface area contributed by atoms with E-state index in [1.807, 2.05) is 11.8 Å². The smallest absolute Gasteiger partial charge is 0.239 e. The van der Waals surface area contributed by atoms with Gasteiger partial charge < -0.3 is 15.5 Å². The Morgan fingerprint density at radius 1 is 1.16 bits per heavy atom. The molecule has 2 rings (SSSR count). The molecule has 2 N–H and O–H groups in total. The molecule has 0 aromatic carbocycles. The van der Waals surface area contributed by atoms with Crippen molar-refractivity contribution in [2.75, 3.05) is 26.2 Å². The zero-order valence-corrected chi connectivity index (χ0v) is 11.8. The van der Waals surface area contributed by atoms with Crippen molar-refractivity contribution in [2.45, 2.75) is 45.1 Å². The summed E-state index contributed by atoms with van der Waals surface area (Å²) in [6.45, 7) is 4.94. The van der Waals surface area contributed by atoms with Gasteiger partial charge in [-0.2, -0.15) is 0 Å². The molecule has 5 heteroatoms. The fourth-order valence-corrected chi connectivity index (χ4v) is 2.44. The highest BCUT2D eigenvalue weighted by atomic mass is 16.2. The number of piperidine rings is 1. The van der Waals surface area contributed by atoms with Crippen LogP contribution in [0.2, 0.25) is 0 Å². The topological polar surface area (TPSA) is 61.4 Å². The second-order valence-electron chi connectivity index (χ2n) is 5.63. The summed E-state index contributed by atoms with van der Waals surface area (Å²) in [5.74, 6) is 0.609. The monoisotopic (exact) mass is 267 g/mol. The first-order valence-electron chi connectivity index (χ1n) is 7.48. The van der Waals surface area contributed by atoms with Crippen LogP contribution in [-0.4, -0.2) is 48.9 Å². The molecule has 5 nitrogen and oxygen atoms in total. The molecule has 0 radical (unpaired) electrons. The van der Waals surface area contributed by atoms with Gasteiger partial charge in [0.2, 0.25) is 11.8 Å². The van der Waals surface area contributed by atoms with Gasteiger partial charge in [0.05, 0.1) is 6.04 Å². The summed E-state index contributed by atoms with van der Waals surface area (Å²) >= 11 is 0. The number of hydrogen-bond donors (Lipinski definition) is 2. The van der Waals surface area contributed by atoms with Gasteiger partial charge in [0, 0.05) is 32.1 Å². The fraction of sp³-hybridized carbons (Fsp3) is 0.857. The summed E-state index contributed by atoms with van der Waals surface area (Å²) in [6.07, 6.45) is 5.54. The zero-order chi connectivity index (χ0) is 13.7. The summed E-state index contributed by atoms with van der Waals surface area (Å²) in [5, 5.41) is 6.08. The highest BCUT2D eigenvalue weighted by Gasteiger charge is 2.29. The molecule has 0 spiro atoms. The highest BCUT2D eigenvalue weighted by molar-refractivity contribution is 5.82. The first kappa shape index (κ1) is 14.3. The average Bonchev–Trinajstić information content (AvgIpc) is 3.27. The van der Waals surface area contributed by atoms with E-state index in [2.05, 4.69) is 10.6 Å². The van der Waals surface area contributed by atoms with E-state index in [0.29, 0.717) is 13.1 Å². The van der Waals surface area contributed by atoms with E-state index in [0.717, 1.165) is 38.8 Å². The summed E-state index contributed by atoms with van der Waals surface area (Å²) in [7, 11) is 0. The van der Waals surface area contributed by atoms with Crippen LogP contribution in [-0.2, 0) is 9.59 Å². The van der Waals surface area contributed by atoms with Crippen LogP contribution in [0.4, 0.5) is 0 Å². The summed E-state index contributed by atoms with van der Waals surface area (Å²) < 4.78 is 0. The molecule has 0 bridgehead atoms. The van der Waals surface area contributed by atoms with E-state index >= 15 is 0 Å². The predicted octanol–water partition coefficient (Wildman–Crippen LogP) is 0.503. The number of nitrogens with one attached hydrogen (secondary N) is 2. The molecule has 108 valence electrons. The van der Waals surface area contributed by atoms with E-state index in [-0.39, 0.29) is 23.8 Å². The first-order valence-corrected chi connectivity index (χ1v) is 7.48. The Morgan fingerprint density at radius 3 is 2.47 bits per heavy atom. The van der Waals surface area contributed by atoms with Crippen LogP contribution in [0.5, 0.6) is 0 Å². The third-order valence-corrected chi connectivity index (χ3v) is 3.86. The van der Waals surface area contributed by atoms with Crippen molar-refractivity contribution >= 4 is 11.8 Å². The number of amides is 2. The van der Waals surface area contributed by atoms with Crippen LogP contribution in [0, 0.1) is 5.92 Å². The maximum Gasteiger partial charge on any atom is 0.239 e. The summed E-state index contributed by atoms with van der Waals surface area (Å²) in [6, 6.07) is -0.157. The Hall–Kier alpha value is -1.10. The second-order valence-corrected chi connectivity index (χ2v) is 5.63. The number of carbonyl (C=O) groups excluding carboxylic acids is 2. The molecule has 2 aliphatic rings. The van der Waals surface area contributed by atoms with Crippen LogP contribution in [0.25, 0.3) is 0 Å². The molecule has 1 aliphatic heterocycles. The van der Waals surface area contributed by atoms with Crippen LogP contribution < -0.4 is 10.6 Å². The van der Waals surface area contributed by atoms with E-state index in [1.165, 1.54) is 6.42 Å². The minimum atomic E-state index is -0.157. The van der Waals surface area contributed by atoms with Gasteiger partial charge in [-0.3, -0.25) is 9.59 Å². The zero-order valence-electron chi connectivity index (χ0n) is 11.8. The number of hydrogen-bond acceptors (Lipinski definition) is 3. The van der Waals surface area contributed by atoms with E-state index < -0.39 is 0 Å². The second kappa shape index (κ2) is 6.89. The normalized spacial score (nSPS) is 21.0. The molecule has 1 aliphatic carbocycles. The van der Waals surface area contributed by atoms with Gasteiger partial charge in [-0.15, -0.1) is 0 Å². The van der Waals surface area contributed by atoms with Crippen molar-refractivity contribution in [3.63, 3.8) is 0 Å². The SMILES string of the molecule is CC(NCCNC(=O)C1CC1)C(=O)N1CCCCC1. The van der Waals surface area contributed by atoms with Gasteiger partial charge in [-0.25, -0.2) is 0 Å². The van der Waals surface area contributed by atoms with Crippen molar-refractivity contribution in [2.24, 2.45) is 5.92 Å². The Bertz CT molecular complexity index is 323. The van der Waals surface area contributed by atoms with Gasteiger partial charge in [-0.05, 0) is 39.0 Å². The number of rotatable bonds is 6. The molecule has 19 heavy (non-hydrogen) atoms. The van der Waals surface area contributed by atoms with E-state index in [9.17, 15) is 9.59 Å². The molecule has 2 amide bonds. The first-order chi connectivity index (χ1) is 9.18. The Balaban J connectivity index is 1.58. The molecule has 1 saturated carbocycles. The summed E-state index contributed by atoms with van der Waals surface area (Å²) in [5.41, 5.74) is 0. The van der Waals surface area contributed by atoms with Crippen LogP contribution >= 0.6 is 0 Å². The third kappa shape index (κ3) is 4.49. The summed E-state index contributed by atoms with van der Waals surface area (Å²) in [4.78, 5) is 25.5. The molecule has 1 atom stereocenters. The Labute approximate surface area is 115 Å². The van der Waals surface area contributed by atoms with Gasteiger partial charge >= 0.3 is 0 Å². The van der Waals surface area contributed by atoms with Gasteiger partial charge in [0.25, 0.3) is 0 Å². The molecule has 2 fully saturated rings. The lowest BCUT2D eigenvalue weighted by molar-refractivity contribution is -0.133. The maximum atomic E-state index is 12.1. The molecule has 0 aromatic rings. The molecule has 1 saturated heterocycles. The third-order valence-electron chi connectivity index (χ3n) is 3.86. The van der Waals surface area contributed by atoms with E-state index in [4.69, 9.17) is 0 Å². The number of carbonyl (C=O) groups is 2. The Morgan fingerprint density at radius 2 is 1.84 bits per heavy atom. The Kier molecular flexibility index (Phi) is 5.19. The lowest BCUT2D eigenvalue weighted by atomic mass is 10.1. The average molecular weight is 267 g/mol. The van der Waals surface area contributed by atoms with Crippen molar-refractivity contribution < 1.29 is 9.59 Å². The lowest BCUT2D eigenvalue weighted by Crippen LogP contribution is -2.48. The molecule has 1 unspecified atom stereocenters. The van der Waals surface area contributed by atoms with Crippen molar-refractivity contribution in [1.82, 2.24) is 15.5 Å². The van der Waals surface area contributed by atoms with Crippen LogP contribution in [0.15, 0.2) is 0 Å². The number of nitrogens with zero attached hydrogens (tertiary/aromatic N) is 1. The van der Waals surface area contributed by atoms with Crippen molar-refractivity contribution in [1.29, 1.82) is 0 Å². The number of likely N-dealkylation sites (tertiary alicyclic amines) is 1. The quantitative estimate of drug-likeness (QED) is 0.689. The largest absolute Gasteiger partial charge is 0.355 e. The maximum absolute atomic E-state index is 12.1. The van der Waals surface area contributed by atoms with Crippen LogP contribution in [0.3, 0.4) is 0 Å². The predicted molar refractivity (Wildman–Crippen MR) is 73.6 cm³/mol. The van der Waals surface area contributed by atoms with E-state index in [1.54, 1.807) is 0 Å². The van der Waals surface area contributed by atoms with Gasteiger partial charge in [-0.1, -0.05) is 0 Å². The molecule has 1 heterocycles. The highest BCUT2D eigenvalue weighted by Crippen LogP contribution is 2.28. The molecular formula is C14H25N3O2. The standard InChI is InChI=1S/C14H25N3O2/c1-11(14(19)17-9-3-2-4-10-17)15-7-8-16-13(18)12-5-6-12/h11-12,15H,2-10H2,1H3,(H,16,18). The minimum absolute atomic E-state index is 0.157. The van der Waals surface area contributed by atoms with Gasteiger partial charge in [0.1, 0.15) is 0 Å².